The van der Waals surface area contributed by atoms with E-state index < -0.39 is 0 Å². The number of imidazole rings is 1. The molecule has 1 aliphatic heterocycles. The minimum Gasteiger partial charge on any atom is -0.454 e. The summed E-state index contributed by atoms with van der Waals surface area (Å²) >= 11 is 0. The summed E-state index contributed by atoms with van der Waals surface area (Å²) in [5, 5.41) is 0. The molecule has 1 aliphatic rings. The van der Waals surface area contributed by atoms with E-state index in [9.17, 15) is 0 Å². The first-order chi connectivity index (χ1) is 15.7. The predicted molar refractivity (Wildman–Crippen MR) is 124 cm³/mol. The maximum absolute atomic E-state index is 15.2. The third-order valence-electron chi connectivity index (χ3n) is 5.84. The summed E-state index contributed by atoms with van der Waals surface area (Å²) < 4.78 is 28.2. The Kier molecular flexibility index (Phi) is 7.43. The lowest BCUT2D eigenvalue weighted by Crippen LogP contribution is -2.26. The molecule has 5 nitrogen and oxygen atoms in total. The van der Waals surface area contributed by atoms with Crippen LogP contribution in [0.3, 0.4) is 0 Å². The minimum atomic E-state index is -0.368. The maximum atomic E-state index is 15.2. The highest BCUT2D eigenvalue weighted by atomic mass is 19.1. The molecule has 0 saturated carbocycles. The van der Waals surface area contributed by atoms with Crippen LogP contribution in [0, 0.1) is 5.95 Å². The maximum Gasteiger partial charge on any atom is 0.235 e. The largest absolute Gasteiger partial charge is 0.454 e. The normalized spacial score (nSPS) is 12.6. The molecular weight excluding hydrogens is 405 g/mol. The lowest BCUT2D eigenvalue weighted by molar-refractivity contribution is 0.174. The van der Waals surface area contributed by atoms with Gasteiger partial charge in [0, 0.05) is 25.2 Å². The Hall–Kier alpha value is -2.86. The Morgan fingerprint density at radius 2 is 1.75 bits per heavy atom. The van der Waals surface area contributed by atoms with Gasteiger partial charge in [-0.3, -0.25) is 4.90 Å². The highest BCUT2D eigenvalue weighted by Crippen LogP contribution is 2.33. The Morgan fingerprint density at radius 1 is 0.969 bits per heavy atom. The van der Waals surface area contributed by atoms with Crippen LogP contribution in [0.5, 0.6) is 11.5 Å². The molecule has 0 radical (unpaired) electrons. The highest BCUT2D eigenvalue weighted by molar-refractivity contribution is 5.56. The van der Waals surface area contributed by atoms with Crippen LogP contribution in [-0.2, 0) is 19.6 Å². The fourth-order valence-electron chi connectivity index (χ4n) is 4.08. The monoisotopic (exact) mass is 437 g/mol. The van der Waals surface area contributed by atoms with Crippen LogP contribution >= 0.6 is 0 Å². The van der Waals surface area contributed by atoms with Crippen molar-refractivity contribution in [1.29, 1.82) is 0 Å². The van der Waals surface area contributed by atoms with Crippen molar-refractivity contribution in [1.82, 2.24) is 14.5 Å². The molecule has 0 saturated heterocycles. The first-order valence-electron chi connectivity index (χ1n) is 11.6. The molecule has 0 unspecified atom stereocenters. The van der Waals surface area contributed by atoms with E-state index in [4.69, 9.17) is 9.47 Å². The lowest BCUT2D eigenvalue weighted by Gasteiger charge is -2.23. The van der Waals surface area contributed by atoms with Crippen molar-refractivity contribution in [2.45, 2.75) is 59.2 Å². The zero-order valence-corrected chi connectivity index (χ0v) is 19.0. The molecule has 1 aromatic heterocycles. The van der Waals surface area contributed by atoms with Gasteiger partial charge in [0.2, 0.25) is 12.7 Å². The van der Waals surface area contributed by atoms with Crippen LogP contribution < -0.4 is 9.47 Å². The molecule has 0 N–H and O–H groups in total. The average Bonchev–Trinajstić information content (AvgIpc) is 3.40. The van der Waals surface area contributed by atoms with E-state index in [0.717, 1.165) is 67.9 Å². The van der Waals surface area contributed by atoms with Gasteiger partial charge in [0.05, 0.1) is 5.69 Å². The fraction of sp³-hybridized carbons (Fsp3) is 0.423. The molecule has 6 heteroatoms. The van der Waals surface area contributed by atoms with Crippen molar-refractivity contribution in [3.63, 3.8) is 0 Å². The van der Waals surface area contributed by atoms with Crippen LogP contribution in [0.4, 0.5) is 4.39 Å². The van der Waals surface area contributed by atoms with Crippen molar-refractivity contribution < 1.29 is 13.9 Å². The highest BCUT2D eigenvalue weighted by Gasteiger charge is 2.21. The van der Waals surface area contributed by atoms with E-state index in [1.165, 1.54) is 0 Å². The number of nitrogens with zero attached hydrogens (tertiary/aromatic N) is 3. The van der Waals surface area contributed by atoms with Crippen molar-refractivity contribution in [2.75, 3.05) is 13.3 Å². The van der Waals surface area contributed by atoms with Crippen LogP contribution in [0.15, 0.2) is 48.5 Å². The molecule has 170 valence electrons. The first kappa shape index (κ1) is 22.3. The van der Waals surface area contributed by atoms with E-state index >= 15 is 4.39 Å². The number of ether oxygens (including phenoxy) is 2. The second-order valence-corrected chi connectivity index (χ2v) is 8.30. The molecular formula is C26H32FN3O2. The molecule has 0 bridgehead atoms. The van der Waals surface area contributed by atoms with Crippen molar-refractivity contribution in [3.05, 3.63) is 65.7 Å². The van der Waals surface area contributed by atoms with Gasteiger partial charge >= 0.3 is 0 Å². The van der Waals surface area contributed by atoms with Gasteiger partial charge in [-0.2, -0.15) is 9.37 Å². The summed E-state index contributed by atoms with van der Waals surface area (Å²) in [6.07, 6.45) is 4.18. The molecule has 2 heterocycles. The standard InChI is InChI=1S/C26H32FN3O2/c1-3-5-14-29(17-20-12-13-23-24(16-20)32-19-31-23)18-22-25(27)28-26(30(22)15-6-4-2)21-10-8-7-9-11-21/h7-13,16H,3-6,14-15,17-19H2,1-2H3. The second kappa shape index (κ2) is 10.6. The quantitative estimate of drug-likeness (QED) is 0.368. The summed E-state index contributed by atoms with van der Waals surface area (Å²) in [5.41, 5.74) is 2.74. The second-order valence-electron chi connectivity index (χ2n) is 8.30. The summed E-state index contributed by atoms with van der Waals surface area (Å²) in [6, 6.07) is 15.9. The summed E-state index contributed by atoms with van der Waals surface area (Å²) in [4.78, 5) is 6.66. The topological polar surface area (TPSA) is 39.5 Å². The Morgan fingerprint density at radius 3 is 2.53 bits per heavy atom. The van der Waals surface area contributed by atoms with E-state index in [0.29, 0.717) is 18.1 Å². The third-order valence-corrected chi connectivity index (χ3v) is 5.84. The molecule has 3 aromatic rings. The van der Waals surface area contributed by atoms with E-state index in [1.807, 2.05) is 42.5 Å². The van der Waals surface area contributed by atoms with Gasteiger partial charge < -0.3 is 14.0 Å². The minimum absolute atomic E-state index is 0.266. The van der Waals surface area contributed by atoms with E-state index in [2.05, 4.69) is 34.4 Å². The van der Waals surface area contributed by atoms with Gasteiger partial charge in [0.25, 0.3) is 0 Å². The molecule has 0 spiro atoms. The van der Waals surface area contributed by atoms with E-state index in [1.54, 1.807) is 0 Å². The summed E-state index contributed by atoms with van der Waals surface area (Å²) in [7, 11) is 0. The number of hydrogen-bond donors (Lipinski definition) is 0. The smallest absolute Gasteiger partial charge is 0.235 e. The number of aromatic nitrogens is 2. The third kappa shape index (κ3) is 5.13. The fourth-order valence-corrected chi connectivity index (χ4v) is 4.08. The van der Waals surface area contributed by atoms with Gasteiger partial charge in [-0.05, 0) is 37.1 Å². The van der Waals surface area contributed by atoms with Crippen LogP contribution in [0.2, 0.25) is 0 Å². The number of fused-ring (bicyclic) bond motifs is 1. The Balaban J connectivity index is 1.61. The van der Waals surface area contributed by atoms with Crippen LogP contribution in [0.1, 0.15) is 50.8 Å². The number of unbranched alkanes of at least 4 members (excludes halogenated alkanes) is 2. The zero-order chi connectivity index (χ0) is 22.3. The zero-order valence-electron chi connectivity index (χ0n) is 19.0. The summed E-state index contributed by atoms with van der Waals surface area (Å²) in [5.74, 6) is 1.91. The number of rotatable bonds is 11. The van der Waals surface area contributed by atoms with Gasteiger partial charge in [-0.25, -0.2) is 0 Å². The first-order valence-corrected chi connectivity index (χ1v) is 11.6. The summed E-state index contributed by atoms with van der Waals surface area (Å²) in [6.45, 7) is 7.49. The SMILES string of the molecule is CCCCN(Cc1ccc2c(c1)OCO2)Cc1c(F)nc(-c2ccccc2)n1CCCC. The molecule has 0 atom stereocenters. The molecule has 2 aromatic carbocycles. The van der Waals surface area contributed by atoms with Gasteiger partial charge in [-0.15, -0.1) is 0 Å². The van der Waals surface area contributed by atoms with Crippen molar-refractivity contribution in [2.24, 2.45) is 0 Å². The molecule has 0 aliphatic carbocycles. The van der Waals surface area contributed by atoms with Gasteiger partial charge in [0.15, 0.2) is 11.5 Å². The van der Waals surface area contributed by atoms with Crippen molar-refractivity contribution >= 4 is 0 Å². The van der Waals surface area contributed by atoms with Gasteiger partial charge in [-0.1, -0.05) is 63.1 Å². The number of benzene rings is 2. The predicted octanol–water partition coefficient (Wildman–Crippen LogP) is 6.02. The Labute approximate surface area is 189 Å². The number of hydrogen-bond acceptors (Lipinski definition) is 4. The van der Waals surface area contributed by atoms with Crippen LogP contribution in [-0.4, -0.2) is 27.8 Å². The average molecular weight is 438 g/mol. The molecule has 4 rings (SSSR count). The molecule has 0 amide bonds. The molecule has 32 heavy (non-hydrogen) atoms. The molecule has 0 fully saturated rings. The lowest BCUT2D eigenvalue weighted by atomic mass is 10.1. The van der Waals surface area contributed by atoms with Crippen LogP contribution in [0.25, 0.3) is 11.4 Å². The number of halogens is 1. The van der Waals surface area contributed by atoms with Gasteiger partial charge in [0.1, 0.15) is 5.82 Å². The Bertz CT molecular complexity index is 1020. The van der Waals surface area contributed by atoms with Crippen molar-refractivity contribution in [3.8, 4) is 22.9 Å². The van der Waals surface area contributed by atoms with E-state index in [-0.39, 0.29) is 12.7 Å².